The van der Waals surface area contributed by atoms with E-state index in [9.17, 15) is 0 Å². The summed E-state index contributed by atoms with van der Waals surface area (Å²) in [6.07, 6.45) is 18.5. The molecule has 1 saturated heterocycles. The molecule has 0 aromatic heterocycles. The number of nitrogens with zero attached hydrogens (tertiary/aromatic N) is 2. The van der Waals surface area contributed by atoms with E-state index in [4.69, 9.17) is 0 Å². The van der Waals surface area contributed by atoms with Gasteiger partial charge < -0.3 is 10.2 Å². The highest BCUT2D eigenvalue weighted by Gasteiger charge is 2.41. The summed E-state index contributed by atoms with van der Waals surface area (Å²) >= 11 is 2.04. The third-order valence-corrected chi connectivity index (χ3v) is 7.89. The summed E-state index contributed by atoms with van der Waals surface area (Å²) in [5.41, 5.74) is 4.09. The molecule has 4 atom stereocenters. The molecule has 0 aliphatic carbocycles. The van der Waals surface area contributed by atoms with Crippen LogP contribution in [0.5, 0.6) is 0 Å². The van der Waals surface area contributed by atoms with Crippen molar-refractivity contribution in [2.75, 3.05) is 45.7 Å². The molecule has 4 unspecified atom stereocenters. The minimum atomic E-state index is 0.589. The van der Waals surface area contributed by atoms with Crippen LogP contribution in [0.3, 0.4) is 0 Å². The zero-order chi connectivity index (χ0) is 22.9. The van der Waals surface area contributed by atoms with Crippen LogP contribution in [0.1, 0.15) is 97.8 Å². The molecule has 5 heteroatoms. The van der Waals surface area contributed by atoms with Gasteiger partial charge in [-0.3, -0.25) is 0 Å². The molecule has 0 aromatic carbocycles. The second-order valence-corrected chi connectivity index (χ2v) is 10.7. The van der Waals surface area contributed by atoms with E-state index in [0.29, 0.717) is 18.1 Å². The molecule has 0 bridgehead atoms. The first-order chi connectivity index (χ1) is 15.1. The number of hydrogen-bond acceptors (Lipinski definition) is 5. The van der Waals surface area contributed by atoms with E-state index in [1.165, 1.54) is 95.9 Å². The summed E-state index contributed by atoms with van der Waals surface area (Å²) in [6, 6.07) is 1.82. The highest BCUT2D eigenvalue weighted by molar-refractivity contribution is 7.98. The van der Waals surface area contributed by atoms with Gasteiger partial charge in [-0.15, -0.1) is 0 Å². The van der Waals surface area contributed by atoms with Gasteiger partial charge >= 0.3 is 0 Å². The summed E-state index contributed by atoms with van der Waals surface area (Å²) < 4.78 is 0. The van der Waals surface area contributed by atoms with Crippen LogP contribution >= 0.6 is 11.8 Å². The van der Waals surface area contributed by atoms with Gasteiger partial charge in [0.25, 0.3) is 0 Å². The highest BCUT2D eigenvalue weighted by Crippen LogP contribution is 2.28. The maximum atomic E-state index is 4.09. The quantitative estimate of drug-likeness (QED) is 0.227. The fraction of sp³-hybridized carbons (Fsp3) is 1.00. The largest absolute Gasteiger partial charge is 0.318 e. The minimum absolute atomic E-state index is 0.589. The van der Waals surface area contributed by atoms with Crippen molar-refractivity contribution in [3.8, 4) is 0 Å². The predicted octanol–water partition coefficient (Wildman–Crippen LogP) is 5.78. The van der Waals surface area contributed by atoms with E-state index in [1.807, 2.05) is 11.8 Å². The van der Waals surface area contributed by atoms with Crippen LogP contribution in [0.4, 0.5) is 0 Å². The highest BCUT2D eigenvalue weighted by atomic mass is 32.2. The Morgan fingerprint density at radius 3 is 2.19 bits per heavy atom. The summed E-state index contributed by atoms with van der Waals surface area (Å²) in [5.74, 6) is 2.05. The molecular formula is C26H56N4S. The van der Waals surface area contributed by atoms with Gasteiger partial charge in [-0.05, 0) is 57.8 Å². The average molecular weight is 457 g/mol. The van der Waals surface area contributed by atoms with Crippen molar-refractivity contribution in [3.63, 3.8) is 0 Å². The number of hydrazine groups is 1. The maximum absolute atomic E-state index is 4.09. The molecule has 31 heavy (non-hydrogen) atoms. The lowest BCUT2D eigenvalue weighted by Gasteiger charge is -2.33. The molecule has 1 aliphatic heterocycles. The van der Waals surface area contributed by atoms with Gasteiger partial charge in [-0.25, -0.2) is 10.4 Å². The van der Waals surface area contributed by atoms with Crippen molar-refractivity contribution < 1.29 is 0 Å². The van der Waals surface area contributed by atoms with Crippen molar-refractivity contribution in [2.45, 2.75) is 116 Å². The van der Waals surface area contributed by atoms with Crippen molar-refractivity contribution in [1.82, 2.24) is 20.7 Å². The Balaban J connectivity index is 2.87. The monoisotopic (exact) mass is 456 g/mol. The first kappa shape index (κ1) is 29.2. The summed E-state index contributed by atoms with van der Waals surface area (Å²) in [5, 5.41) is 6.12. The number of rotatable bonds is 20. The molecule has 0 spiro atoms. The lowest BCUT2D eigenvalue weighted by molar-refractivity contribution is 0.139. The Morgan fingerprint density at radius 2 is 1.61 bits per heavy atom. The molecule has 1 heterocycles. The van der Waals surface area contributed by atoms with Crippen LogP contribution in [0, 0.1) is 5.92 Å². The number of likely N-dealkylation sites (N-methyl/N-ethyl adjacent to an activating group) is 2. The Kier molecular flexibility index (Phi) is 17.5. The molecule has 4 nitrogen and oxygen atoms in total. The van der Waals surface area contributed by atoms with Gasteiger partial charge in [-0.2, -0.15) is 11.8 Å². The summed E-state index contributed by atoms with van der Waals surface area (Å²) in [6.45, 7) is 10.4. The molecule has 186 valence electrons. The minimum Gasteiger partial charge on any atom is -0.318 e. The molecule has 2 N–H and O–H groups in total. The third kappa shape index (κ3) is 11.2. The van der Waals surface area contributed by atoms with Crippen LogP contribution in [-0.2, 0) is 0 Å². The maximum Gasteiger partial charge on any atom is 0.0420 e. The summed E-state index contributed by atoms with van der Waals surface area (Å²) in [4.78, 5) is 2.67. The van der Waals surface area contributed by atoms with Crippen molar-refractivity contribution in [1.29, 1.82) is 0 Å². The smallest absolute Gasteiger partial charge is 0.0420 e. The fourth-order valence-electron chi connectivity index (χ4n) is 5.13. The van der Waals surface area contributed by atoms with E-state index in [-0.39, 0.29) is 0 Å². The third-order valence-electron chi connectivity index (χ3n) is 7.13. The zero-order valence-electron chi connectivity index (χ0n) is 21.9. The Morgan fingerprint density at radius 1 is 0.968 bits per heavy atom. The van der Waals surface area contributed by atoms with Crippen molar-refractivity contribution in [3.05, 3.63) is 0 Å². The lowest BCUT2D eigenvalue weighted by atomic mass is 9.90. The van der Waals surface area contributed by atoms with E-state index < -0.39 is 0 Å². The van der Waals surface area contributed by atoms with E-state index in [1.54, 1.807) is 0 Å². The SMILES string of the molecule is CCCCCCC(CSC)C1NN(C(CCCCCC)CNC)CC1N(C)CCCC. The topological polar surface area (TPSA) is 30.5 Å². The van der Waals surface area contributed by atoms with Crippen LogP contribution in [0.25, 0.3) is 0 Å². The van der Waals surface area contributed by atoms with E-state index >= 15 is 0 Å². The average Bonchev–Trinajstić information content (AvgIpc) is 3.21. The number of thioether (sulfide) groups is 1. The van der Waals surface area contributed by atoms with Gasteiger partial charge in [0.05, 0.1) is 0 Å². The molecular weight excluding hydrogens is 400 g/mol. The Bertz CT molecular complexity index is 409. The molecule has 0 aromatic rings. The number of nitrogens with one attached hydrogen (secondary N) is 2. The number of unbranched alkanes of at least 4 members (excludes halogenated alkanes) is 7. The van der Waals surface area contributed by atoms with Crippen LogP contribution in [0.2, 0.25) is 0 Å². The van der Waals surface area contributed by atoms with Gasteiger partial charge in [0.15, 0.2) is 0 Å². The second kappa shape index (κ2) is 18.6. The molecule has 1 rings (SSSR count). The first-order valence-electron chi connectivity index (χ1n) is 13.5. The van der Waals surface area contributed by atoms with Gasteiger partial charge in [0.1, 0.15) is 0 Å². The molecule has 0 amide bonds. The standard InChI is InChI=1S/C26H56N4S/c1-7-10-13-15-17-23(22-31-6)26-25(29(5)19-12-9-3)21-30(28-26)24(20-27-4)18-16-14-11-8-2/h23-28H,7-22H2,1-6H3. The molecule has 1 fully saturated rings. The van der Waals surface area contributed by atoms with Crippen molar-refractivity contribution >= 4 is 11.8 Å². The van der Waals surface area contributed by atoms with Gasteiger partial charge in [-0.1, -0.05) is 78.6 Å². The Hall–Kier alpha value is 0.190. The number of hydrogen-bond donors (Lipinski definition) is 2. The molecule has 0 saturated carbocycles. The van der Waals surface area contributed by atoms with Crippen molar-refractivity contribution in [2.24, 2.45) is 5.92 Å². The van der Waals surface area contributed by atoms with E-state index in [0.717, 1.165) is 12.5 Å². The second-order valence-electron chi connectivity index (χ2n) is 9.83. The first-order valence-corrected chi connectivity index (χ1v) is 14.9. The van der Waals surface area contributed by atoms with Gasteiger partial charge in [0, 0.05) is 31.2 Å². The fourth-order valence-corrected chi connectivity index (χ4v) is 5.93. The zero-order valence-corrected chi connectivity index (χ0v) is 22.7. The lowest BCUT2D eigenvalue weighted by Crippen LogP contribution is -2.50. The predicted molar refractivity (Wildman–Crippen MR) is 142 cm³/mol. The van der Waals surface area contributed by atoms with E-state index in [2.05, 4.69) is 61.8 Å². The van der Waals surface area contributed by atoms with Crippen LogP contribution < -0.4 is 10.7 Å². The Labute approximate surface area is 200 Å². The van der Waals surface area contributed by atoms with Gasteiger partial charge in [0.2, 0.25) is 0 Å². The normalized spacial score (nSPS) is 21.8. The van der Waals surface area contributed by atoms with Crippen LogP contribution in [0.15, 0.2) is 0 Å². The van der Waals surface area contributed by atoms with Crippen LogP contribution in [-0.4, -0.2) is 73.8 Å². The molecule has 0 radical (unpaired) electrons. The molecule has 1 aliphatic rings. The summed E-state index contributed by atoms with van der Waals surface area (Å²) in [7, 11) is 4.49.